The number of carbonyl (C=O) groups is 2. The second-order valence-electron chi connectivity index (χ2n) is 3.90. The Morgan fingerprint density at radius 3 is 2.74 bits per heavy atom. The summed E-state index contributed by atoms with van der Waals surface area (Å²) in [6.45, 7) is 1.85. The van der Waals surface area contributed by atoms with Crippen LogP contribution in [-0.2, 0) is 4.79 Å². The molecule has 1 aromatic rings. The fraction of sp³-hybridized carbons (Fsp3) is 0.333. The van der Waals surface area contributed by atoms with Gasteiger partial charge in [0.1, 0.15) is 6.04 Å². The quantitative estimate of drug-likeness (QED) is 0.761. The summed E-state index contributed by atoms with van der Waals surface area (Å²) in [6.07, 6.45) is 1.03. The lowest BCUT2D eigenvalue weighted by Crippen LogP contribution is -2.42. The molecular weight excluding hydrogens is 336 g/mol. The van der Waals surface area contributed by atoms with Crippen LogP contribution in [0.25, 0.3) is 0 Å². The van der Waals surface area contributed by atoms with Gasteiger partial charge in [0.15, 0.2) is 0 Å². The first-order valence-electron chi connectivity index (χ1n) is 5.69. The highest BCUT2D eigenvalue weighted by molar-refractivity contribution is 9.10. The summed E-state index contributed by atoms with van der Waals surface area (Å²) in [6, 6.07) is 3.50. The molecule has 0 saturated heterocycles. The molecule has 0 aromatic heterocycles. The molecule has 0 aliphatic carbocycles. The number of halogens is 2. The van der Waals surface area contributed by atoms with Gasteiger partial charge in [-0.3, -0.25) is 0 Å². The fourth-order valence-corrected chi connectivity index (χ4v) is 1.98. The Hall–Kier alpha value is -1.27. The van der Waals surface area contributed by atoms with Crippen LogP contribution < -0.4 is 10.6 Å². The minimum atomic E-state index is -1.06. The van der Waals surface area contributed by atoms with Gasteiger partial charge in [-0.15, -0.1) is 0 Å². The largest absolute Gasteiger partial charge is 0.480 e. The molecule has 0 saturated carbocycles. The van der Waals surface area contributed by atoms with Crippen molar-refractivity contribution < 1.29 is 14.7 Å². The smallest absolute Gasteiger partial charge is 0.326 e. The van der Waals surface area contributed by atoms with Gasteiger partial charge in [0.25, 0.3) is 0 Å². The third-order valence-corrected chi connectivity index (χ3v) is 3.18. The Morgan fingerprint density at radius 2 is 2.16 bits per heavy atom. The number of carbonyl (C=O) groups excluding carboxylic acids is 1. The van der Waals surface area contributed by atoms with Gasteiger partial charge in [-0.2, -0.15) is 0 Å². The molecule has 7 heteroatoms. The van der Waals surface area contributed by atoms with Crippen molar-refractivity contribution in [3.63, 3.8) is 0 Å². The molecule has 0 fully saturated rings. The number of carboxylic acid groups (broad SMARTS) is 1. The maximum atomic E-state index is 11.7. The van der Waals surface area contributed by atoms with E-state index >= 15 is 0 Å². The first kappa shape index (κ1) is 15.8. The second kappa shape index (κ2) is 7.35. The molecule has 0 heterocycles. The summed E-state index contributed by atoms with van der Waals surface area (Å²) in [5.41, 5.74) is 0.411. The normalized spacial score (nSPS) is 11.7. The van der Waals surface area contributed by atoms with Crippen LogP contribution in [0.4, 0.5) is 10.5 Å². The van der Waals surface area contributed by atoms with Crippen molar-refractivity contribution in [1.82, 2.24) is 5.32 Å². The van der Waals surface area contributed by atoms with Crippen molar-refractivity contribution in [2.75, 3.05) is 5.32 Å². The van der Waals surface area contributed by atoms with Crippen LogP contribution in [0.2, 0.25) is 5.02 Å². The third kappa shape index (κ3) is 5.08. The Labute approximate surface area is 124 Å². The number of amides is 2. The van der Waals surface area contributed by atoms with Crippen LogP contribution in [0.5, 0.6) is 0 Å². The molecule has 0 radical (unpaired) electrons. The highest BCUT2D eigenvalue weighted by Crippen LogP contribution is 2.25. The zero-order valence-corrected chi connectivity index (χ0v) is 12.6. The van der Waals surface area contributed by atoms with E-state index in [9.17, 15) is 9.59 Å². The van der Waals surface area contributed by atoms with Gasteiger partial charge in [-0.25, -0.2) is 9.59 Å². The Bertz CT molecular complexity index is 482. The predicted molar refractivity (Wildman–Crippen MR) is 77.6 cm³/mol. The lowest BCUT2D eigenvalue weighted by atomic mass is 10.2. The molecule has 3 N–H and O–H groups in total. The number of rotatable bonds is 5. The van der Waals surface area contributed by atoms with Gasteiger partial charge in [-0.05, 0) is 24.6 Å². The van der Waals surface area contributed by atoms with Crippen molar-refractivity contribution in [3.05, 3.63) is 27.7 Å². The molecule has 19 heavy (non-hydrogen) atoms. The van der Waals surface area contributed by atoms with E-state index in [0.29, 0.717) is 23.6 Å². The van der Waals surface area contributed by atoms with Crippen molar-refractivity contribution in [2.45, 2.75) is 25.8 Å². The lowest BCUT2D eigenvalue weighted by molar-refractivity contribution is -0.139. The number of urea groups is 1. The van der Waals surface area contributed by atoms with Gasteiger partial charge >= 0.3 is 12.0 Å². The van der Waals surface area contributed by atoms with Crippen LogP contribution >= 0.6 is 27.5 Å². The molecular formula is C12H14BrClN2O3. The first-order valence-corrected chi connectivity index (χ1v) is 6.86. The van der Waals surface area contributed by atoms with E-state index in [4.69, 9.17) is 16.7 Å². The SMILES string of the molecule is CCC[C@@H](NC(=O)Nc1cc(Br)ccc1Cl)C(=O)O. The molecule has 0 bridgehead atoms. The lowest BCUT2D eigenvalue weighted by Gasteiger charge is -2.15. The van der Waals surface area contributed by atoms with Crippen molar-refractivity contribution in [1.29, 1.82) is 0 Å². The van der Waals surface area contributed by atoms with Gasteiger partial charge < -0.3 is 15.7 Å². The fourth-order valence-electron chi connectivity index (χ4n) is 1.46. The maximum absolute atomic E-state index is 11.7. The van der Waals surface area contributed by atoms with Crippen LogP contribution in [-0.4, -0.2) is 23.1 Å². The Kier molecular flexibility index (Phi) is 6.11. The maximum Gasteiger partial charge on any atom is 0.326 e. The molecule has 1 rings (SSSR count). The predicted octanol–water partition coefficient (Wildman–Crippen LogP) is 3.48. The van der Waals surface area contributed by atoms with Crippen molar-refractivity contribution in [3.8, 4) is 0 Å². The molecule has 1 atom stereocenters. The third-order valence-electron chi connectivity index (χ3n) is 2.36. The van der Waals surface area contributed by atoms with E-state index in [-0.39, 0.29) is 0 Å². The van der Waals surface area contributed by atoms with Crippen molar-refractivity contribution in [2.24, 2.45) is 0 Å². The number of carboxylic acids is 1. The molecule has 2 amide bonds. The molecule has 5 nitrogen and oxygen atoms in total. The van der Waals surface area contributed by atoms with E-state index in [1.165, 1.54) is 0 Å². The summed E-state index contributed by atoms with van der Waals surface area (Å²) in [5.74, 6) is -1.06. The van der Waals surface area contributed by atoms with E-state index in [0.717, 1.165) is 4.47 Å². The van der Waals surface area contributed by atoms with E-state index in [1.807, 2.05) is 6.92 Å². The first-order chi connectivity index (χ1) is 8.93. The van der Waals surface area contributed by atoms with Gasteiger partial charge in [-0.1, -0.05) is 40.9 Å². The van der Waals surface area contributed by atoms with E-state index < -0.39 is 18.0 Å². The van der Waals surface area contributed by atoms with E-state index in [2.05, 4.69) is 26.6 Å². The number of anilines is 1. The number of benzene rings is 1. The monoisotopic (exact) mass is 348 g/mol. The summed E-state index contributed by atoms with van der Waals surface area (Å²) in [5, 5.41) is 14.2. The van der Waals surface area contributed by atoms with Gasteiger partial charge in [0.05, 0.1) is 10.7 Å². The Balaban J connectivity index is 2.68. The number of nitrogens with one attached hydrogen (secondary N) is 2. The van der Waals surface area contributed by atoms with Gasteiger partial charge in [0, 0.05) is 4.47 Å². The average Bonchev–Trinajstić information content (AvgIpc) is 2.33. The van der Waals surface area contributed by atoms with E-state index in [1.54, 1.807) is 18.2 Å². The molecule has 0 aliphatic heterocycles. The number of hydrogen-bond acceptors (Lipinski definition) is 2. The summed E-state index contributed by atoms with van der Waals surface area (Å²) >= 11 is 9.18. The summed E-state index contributed by atoms with van der Waals surface area (Å²) in [4.78, 5) is 22.6. The highest BCUT2D eigenvalue weighted by atomic mass is 79.9. The standard InChI is InChI=1S/C12H14BrClN2O3/c1-2-3-9(11(17)18)15-12(19)16-10-6-7(13)4-5-8(10)14/h4-6,9H,2-3H2,1H3,(H,17,18)(H2,15,16,19)/t9-/m1/s1. The average molecular weight is 350 g/mol. The molecule has 0 aliphatic rings. The molecule has 0 unspecified atom stereocenters. The molecule has 0 spiro atoms. The van der Waals surface area contributed by atoms with Crippen LogP contribution in [0.3, 0.4) is 0 Å². The second-order valence-corrected chi connectivity index (χ2v) is 5.23. The minimum Gasteiger partial charge on any atom is -0.480 e. The zero-order chi connectivity index (χ0) is 14.4. The molecule has 1 aromatic carbocycles. The summed E-state index contributed by atoms with van der Waals surface area (Å²) < 4.78 is 0.760. The number of hydrogen-bond donors (Lipinski definition) is 3. The topological polar surface area (TPSA) is 78.4 Å². The Morgan fingerprint density at radius 1 is 1.47 bits per heavy atom. The van der Waals surface area contributed by atoms with Crippen LogP contribution in [0.15, 0.2) is 22.7 Å². The van der Waals surface area contributed by atoms with Crippen LogP contribution in [0.1, 0.15) is 19.8 Å². The minimum absolute atomic E-state index is 0.370. The van der Waals surface area contributed by atoms with Crippen LogP contribution in [0, 0.1) is 0 Å². The number of aliphatic carboxylic acids is 1. The molecule has 104 valence electrons. The zero-order valence-electron chi connectivity index (χ0n) is 10.2. The van der Waals surface area contributed by atoms with Gasteiger partial charge in [0.2, 0.25) is 0 Å². The van der Waals surface area contributed by atoms with Crippen molar-refractivity contribution >= 4 is 45.2 Å². The highest BCUT2D eigenvalue weighted by Gasteiger charge is 2.19. The summed E-state index contributed by atoms with van der Waals surface area (Å²) in [7, 11) is 0.